The van der Waals surface area contributed by atoms with Gasteiger partial charge in [0.05, 0.1) is 0 Å². The molecule has 0 spiro atoms. The summed E-state index contributed by atoms with van der Waals surface area (Å²) in [4.78, 5) is 24.8. The summed E-state index contributed by atoms with van der Waals surface area (Å²) >= 11 is 0. The normalized spacial score (nSPS) is 25.7. The number of carbonyl (C=O) groups is 2. The number of urea groups is 1. The number of hydrogen-bond donors (Lipinski definition) is 2. The average Bonchev–Trinajstić information content (AvgIpc) is 2.81. The monoisotopic (exact) mass is 268 g/mol. The first-order valence-corrected chi connectivity index (χ1v) is 7.48. The molecule has 0 aromatic heterocycles. The number of nitrogens with one attached hydrogen (secondary N) is 1. The van der Waals surface area contributed by atoms with E-state index in [4.69, 9.17) is 5.11 Å². The van der Waals surface area contributed by atoms with Gasteiger partial charge in [0.1, 0.15) is 6.04 Å². The van der Waals surface area contributed by atoms with Crippen LogP contribution >= 0.6 is 0 Å². The molecule has 0 radical (unpaired) electrons. The lowest BCUT2D eigenvalue weighted by molar-refractivity contribution is -0.141. The highest BCUT2D eigenvalue weighted by Gasteiger charge is 2.34. The first-order valence-electron chi connectivity index (χ1n) is 7.48. The van der Waals surface area contributed by atoms with Gasteiger partial charge in [-0.15, -0.1) is 0 Å². The van der Waals surface area contributed by atoms with Gasteiger partial charge in [-0.1, -0.05) is 32.1 Å². The van der Waals surface area contributed by atoms with Crippen LogP contribution in [0, 0.1) is 0 Å². The molecule has 2 rings (SSSR count). The number of carboxylic acids is 1. The molecular weight excluding hydrogens is 244 g/mol. The van der Waals surface area contributed by atoms with Crippen LogP contribution in [0.2, 0.25) is 0 Å². The van der Waals surface area contributed by atoms with Crippen molar-refractivity contribution in [2.75, 3.05) is 6.54 Å². The van der Waals surface area contributed by atoms with Gasteiger partial charge in [0, 0.05) is 12.6 Å². The molecule has 1 heterocycles. The first kappa shape index (κ1) is 14.2. The van der Waals surface area contributed by atoms with Crippen molar-refractivity contribution in [3.05, 3.63) is 0 Å². The van der Waals surface area contributed by atoms with Gasteiger partial charge in [0.15, 0.2) is 0 Å². The third-order valence-corrected chi connectivity index (χ3v) is 4.23. The van der Waals surface area contributed by atoms with Crippen LogP contribution in [0.3, 0.4) is 0 Å². The Morgan fingerprint density at radius 1 is 0.947 bits per heavy atom. The maximum Gasteiger partial charge on any atom is 0.326 e. The van der Waals surface area contributed by atoms with E-state index in [1.165, 1.54) is 24.2 Å². The van der Waals surface area contributed by atoms with Crippen LogP contribution in [0.25, 0.3) is 0 Å². The van der Waals surface area contributed by atoms with E-state index in [9.17, 15) is 9.59 Å². The van der Waals surface area contributed by atoms with E-state index in [2.05, 4.69) is 5.32 Å². The molecule has 1 saturated carbocycles. The van der Waals surface area contributed by atoms with E-state index >= 15 is 0 Å². The summed E-state index contributed by atoms with van der Waals surface area (Å²) in [6.07, 6.45) is 9.52. The molecule has 5 nitrogen and oxygen atoms in total. The highest BCUT2D eigenvalue weighted by atomic mass is 16.4. The lowest BCUT2D eigenvalue weighted by atomic mass is 9.97. The summed E-state index contributed by atoms with van der Waals surface area (Å²) in [7, 11) is 0. The van der Waals surface area contributed by atoms with Gasteiger partial charge in [-0.2, -0.15) is 0 Å². The van der Waals surface area contributed by atoms with Crippen molar-refractivity contribution in [3.63, 3.8) is 0 Å². The molecule has 1 aliphatic heterocycles. The number of likely N-dealkylation sites (tertiary alicyclic amines) is 1. The predicted octanol–water partition coefficient (Wildman–Crippen LogP) is 2.36. The fraction of sp³-hybridized carbons (Fsp3) is 0.857. The molecule has 0 bridgehead atoms. The van der Waals surface area contributed by atoms with E-state index in [0.717, 1.165) is 32.1 Å². The van der Waals surface area contributed by atoms with E-state index in [1.807, 2.05) is 0 Å². The van der Waals surface area contributed by atoms with E-state index in [1.54, 1.807) is 0 Å². The maximum absolute atomic E-state index is 12.2. The molecule has 2 fully saturated rings. The highest BCUT2D eigenvalue weighted by Crippen LogP contribution is 2.20. The number of rotatable bonds is 2. The van der Waals surface area contributed by atoms with Gasteiger partial charge in [-0.05, 0) is 25.7 Å². The van der Waals surface area contributed by atoms with Crippen LogP contribution in [-0.2, 0) is 4.79 Å². The van der Waals surface area contributed by atoms with Gasteiger partial charge < -0.3 is 15.3 Å². The topological polar surface area (TPSA) is 69.6 Å². The Balaban J connectivity index is 1.86. The van der Waals surface area contributed by atoms with E-state index in [-0.39, 0.29) is 12.1 Å². The van der Waals surface area contributed by atoms with Crippen molar-refractivity contribution in [2.24, 2.45) is 0 Å². The molecule has 2 aliphatic rings. The minimum Gasteiger partial charge on any atom is -0.480 e. The molecule has 2 amide bonds. The third-order valence-electron chi connectivity index (χ3n) is 4.23. The maximum atomic E-state index is 12.2. The minimum absolute atomic E-state index is 0.185. The smallest absolute Gasteiger partial charge is 0.326 e. The number of aliphatic carboxylic acids is 1. The van der Waals surface area contributed by atoms with Crippen molar-refractivity contribution in [1.82, 2.24) is 10.2 Å². The van der Waals surface area contributed by atoms with Gasteiger partial charge in [-0.25, -0.2) is 9.59 Å². The van der Waals surface area contributed by atoms with Crippen molar-refractivity contribution < 1.29 is 14.7 Å². The fourth-order valence-corrected chi connectivity index (χ4v) is 3.12. The predicted molar refractivity (Wildman–Crippen MR) is 72.0 cm³/mol. The second kappa shape index (κ2) is 6.78. The molecule has 0 aromatic carbocycles. The average molecular weight is 268 g/mol. The van der Waals surface area contributed by atoms with E-state index < -0.39 is 12.0 Å². The van der Waals surface area contributed by atoms with Crippen LogP contribution in [0.15, 0.2) is 0 Å². The quantitative estimate of drug-likeness (QED) is 0.807. The van der Waals surface area contributed by atoms with Gasteiger partial charge in [0.25, 0.3) is 0 Å². The van der Waals surface area contributed by atoms with Crippen LogP contribution < -0.4 is 5.32 Å². The van der Waals surface area contributed by atoms with Crippen LogP contribution in [0.1, 0.15) is 57.8 Å². The molecule has 0 unspecified atom stereocenters. The first-order chi connectivity index (χ1) is 9.18. The largest absolute Gasteiger partial charge is 0.480 e. The number of carboxylic acid groups (broad SMARTS) is 1. The van der Waals surface area contributed by atoms with Crippen LogP contribution in [0.4, 0.5) is 4.79 Å². The fourth-order valence-electron chi connectivity index (χ4n) is 3.12. The molecule has 1 saturated heterocycles. The second-order valence-electron chi connectivity index (χ2n) is 5.68. The molecule has 108 valence electrons. The summed E-state index contributed by atoms with van der Waals surface area (Å²) in [5.74, 6) is -0.884. The van der Waals surface area contributed by atoms with Gasteiger partial charge in [0.2, 0.25) is 0 Å². The number of carbonyl (C=O) groups excluding carboxylic acids is 1. The van der Waals surface area contributed by atoms with Crippen LogP contribution in [0.5, 0.6) is 0 Å². The number of hydrogen-bond acceptors (Lipinski definition) is 2. The molecule has 2 N–H and O–H groups in total. The Labute approximate surface area is 114 Å². The molecule has 5 heteroatoms. The van der Waals surface area contributed by atoms with Crippen molar-refractivity contribution in [2.45, 2.75) is 69.9 Å². The minimum atomic E-state index is -0.884. The molecule has 1 aliphatic carbocycles. The zero-order valence-corrected chi connectivity index (χ0v) is 11.4. The summed E-state index contributed by atoms with van der Waals surface area (Å²) in [6, 6.07) is -0.591. The summed E-state index contributed by atoms with van der Waals surface area (Å²) < 4.78 is 0. The van der Waals surface area contributed by atoms with Crippen LogP contribution in [-0.4, -0.2) is 40.6 Å². The zero-order chi connectivity index (χ0) is 13.7. The zero-order valence-electron chi connectivity index (χ0n) is 11.4. The Hall–Kier alpha value is -1.26. The lowest BCUT2D eigenvalue weighted by Crippen LogP contribution is -2.49. The van der Waals surface area contributed by atoms with Gasteiger partial charge >= 0.3 is 12.0 Å². The summed E-state index contributed by atoms with van der Waals surface area (Å²) in [6.45, 7) is 0.565. The summed E-state index contributed by atoms with van der Waals surface area (Å²) in [5, 5.41) is 12.1. The van der Waals surface area contributed by atoms with E-state index in [0.29, 0.717) is 13.0 Å². The van der Waals surface area contributed by atoms with Crippen molar-refractivity contribution in [3.8, 4) is 0 Å². The Kier molecular flexibility index (Phi) is 5.05. The molecule has 0 aromatic rings. The van der Waals surface area contributed by atoms with Crippen molar-refractivity contribution >= 4 is 12.0 Å². The second-order valence-corrected chi connectivity index (χ2v) is 5.68. The number of nitrogens with zero attached hydrogens (tertiary/aromatic N) is 1. The molecule has 19 heavy (non-hydrogen) atoms. The highest BCUT2D eigenvalue weighted by molar-refractivity contribution is 5.83. The molecule has 1 atom stereocenters. The SMILES string of the molecule is O=C(O)[C@@H]1CCCN1C(=O)NC1CCCCCCC1. The Morgan fingerprint density at radius 3 is 2.21 bits per heavy atom. The standard InChI is InChI=1S/C14H24N2O3/c17-13(18)12-9-6-10-16(12)14(19)15-11-7-4-2-1-3-5-8-11/h11-12H,1-10H2,(H,15,19)(H,17,18)/t12-/m0/s1. The lowest BCUT2D eigenvalue weighted by Gasteiger charge is -2.27. The third kappa shape index (κ3) is 3.85. The Morgan fingerprint density at radius 2 is 1.58 bits per heavy atom. The Bertz CT molecular complexity index is 325. The summed E-state index contributed by atoms with van der Waals surface area (Å²) in [5.41, 5.74) is 0. The number of amides is 2. The molecular formula is C14H24N2O3. The van der Waals surface area contributed by atoms with Gasteiger partial charge in [-0.3, -0.25) is 0 Å². The van der Waals surface area contributed by atoms with Crippen molar-refractivity contribution in [1.29, 1.82) is 0 Å².